The summed E-state index contributed by atoms with van der Waals surface area (Å²) in [4.78, 5) is 8.98. The van der Waals surface area contributed by atoms with Crippen LogP contribution in [0, 0.1) is 5.82 Å². The Morgan fingerprint density at radius 1 is 1.20 bits per heavy atom. The second-order valence-electron chi connectivity index (χ2n) is 4.77. The number of benzene rings is 1. The van der Waals surface area contributed by atoms with Crippen LogP contribution in [0.5, 0.6) is 0 Å². The molecule has 0 unspecified atom stereocenters. The number of hydrogen-bond acceptors (Lipinski definition) is 4. The summed E-state index contributed by atoms with van der Waals surface area (Å²) in [6, 6.07) is 6.61. The van der Waals surface area contributed by atoms with Crippen LogP contribution in [0.3, 0.4) is 0 Å². The standard InChI is InChI=1S/C14H14BrFN4/c1-17-12-7-13(20-14(19-12)8-2-3-8)18-9-4-5-11(16)10(15)6-9/h4-8H,2-3H2,1H3,(H2,17,18,19,20). The van der Waals surface area contributed by atoms with Gasteiger partial charge in [-0.2, -0.15) is 0 Å². The fraction of sp³-hybridized carbons (Fsp3) is 0.286. The van der Waals surface area contributed by atoms with E-state index in [1.54, 1.807) is 12.1 Å². The van der Waals surface area contributed by atoms with E-state index in [0.717, 1.165) is 30.2 Å². The summed E-state index contributed by atoms with van der Waals surface area (Å²) < 4.78 is 13.6. The van der Waals surface area contributed by atoms with Crippen molar-refractivity contribution in [3.05, 3.63) is 40.4 Å². The summed E-state index contributed by atoms with van der Waals surface area (Å²) in [5.41, 5.74) is 0.778. The van der Waals surface area contributed by atoms with Crippen LogP contribution in [-0.2, 0) is 0 Å². The van der Waals surface area contributed by atoms with Crippen LogP contribution in [0.1, 0.15) is 24.6 Å². The van der Waals surface area contributed by atoms with Crippen LogP contribution in [0.2, 0.25) is 0 Å². The quantitative estimate of drug-likeness (QED) is 0.884. The van der Waals surface area contributed by atoms with Crippen molar-refractivity contribution < 1.29 is 4.39 Å². The molecule has 1 aliphatic rings. The molecule has 0 spiro atoms. The van der Waals surface area contributed by atoms with Gasteiger partial charge in [0, 0.05) is 24.7 Å². The van der Waals surface area contributed by atoms with E-state index in [1.165, 1.54) is 6.07 Å². The van der Waals surface area contributed by atoms with Crippen molar-refractivity contribution in [3.63, 3.8) is 0 Å². The molecule has 1 aliphatic carbocycles. The van der Waals surface area contributed by atoms with E-state index in [2.05, 4.69) is 36.5 Å². The highest BCUT2D eigenvalue weighted by molar-refractivity contribution is 9.10. The SMILES string of the molecule is CNc1cc(Nc2ccc(F)c(Br)c2)nc(C2CC2)n1. The highest BCUT2D eigenvalue weighted by Gasteiger charge is 2.27. The first-order valence-corrected chi connectivity index (χ1v) is 7.24. The van der Waals surface area contributed by atoms with Gasteiger partial charge in [-0.3, -0.25) is 0 Å². The molecule has 0 saturated heterocycles. The van der Waals surface area contributed by atoms with E-state index in [1.807, 2.05) is 13.1 Å². The summed E-state index contributed by atoms with van der Waals surface area (Å²) in [6.45, 7) is 0. The van der Waals surface area contributed by atoms with E-state index in [-0.39, 0.29) is 5.82 Å². The molecule has 0 bridgehead atoms. The highest BCUT2D eigenvalue weighted by atomic mass is 79.9. The van der Waals surface area contributed by atoms with Crippen LogP contribution >= 0.6 is 15.9 Å². The molecule has 0 amide bonds. The van der Waals surface area contributed by atoms with Crippen molar-refractivity contribution >= 4 is 33.3 Å². The zero-order valence-corrected chi connectivity index (χ0v) is 12.5. The van der Waals surface area contributed by atoms with Gasteiger partial charge in [-0.05, 0) is 47.0 Å². The first-order chi connectivity index (χ1) is 9.65. The predicted molar refractivity (Wildman–Crippen MR) is 80.9 cm³/mol. The molecule has 2 N–H and O–H groups in total. The van der Waals surface area contributed by atoms with Crippen LogP contribution in [-0.4, -0.2) is 17.0 Å². The number of hydrogen-bond donors (Lipinski definition) is 2. The molecule has 104 valence electrons. The van der Waals surface area contributed by atoms with Crippen molar-refractivity contribution in [1.29, 1.82) is 0 Å². The first-order valence-electron chi connectivity index (χ1n) is 6.44. The maximum absolute atomic E-state index is 13.2. The summed E-state index contributed by atoms with van der Waals surface area (Å²) in [7, 11) is 1.83. The molecule has 3 rings (SSSR count). The van der Waals surface area contributed by atoms with E-state index in [0.29, 0.717) is 16.2 Å². The zero-order valence-electron chi connectivity index (χ0n) is 11.0. The second-order valence-corrected chi connectivity index (χ2v) is 5.63. The van der Waals surface area contributed by atoms with Crippen molar-refractivity contribution in [2.24, 2.45) is 0 Å². The maximum Gasteiger partial charge on any atom is 0.137 e. The molecule has 0 atom stereocenters. The summed E-state index contributed by atoms with van der Waals surface area (Å²) in [6.07, 6.45) is 2.30. The number of nitrogens with zero attached hydrogens (tertiary/aromatic N) is 2. The highest BCUT2D eigenvalue weighted by Crippen LogP contribution is 2.39. The Labute approximate surface area is 125 Å². The fourth-order valence-corrected chi connectivity index (χ4v) is 2.28. The maximum atomic E-state index is 13.2. The summed E-state index contributed by atoms with van der Waals surface area (Å²) in [5.74, 6) is 2.55. The Morgan fingerprint density at radius 3 is 2.60 bits per heavy atom. The number of aromatic nitrogens is 2. The predicted octanol–water partition coefficient (Wildman–Crippen LogP) is 4.04. The summed E-state index contributed by atoms with van der Waals surface area (Å²) in [5, 5.41) is 6.22. The number of rotatable bonds is 4. The van der Waals surface area contributed by atoms with Gasteiger partial charge in [0.15, 0.2) is 0 Å². The zero-order chi connectivity index (χ0) is 14.1. The Hall–Kier alpha value is -1.69. The number of nitrogens with one attached hydrogen (secondary N) is 2. The van der Waals surface area contributed by atoms with E-state index < -0.39 is 0 Å². The number of halogens is 2. The molecule has 2 aromatic rings. The molecule has 1 saturated carbocycles. The Kier molecular flexibility index (Phi) is 3.56. The Morgan fingerprint density at radius 2 is 1.95 bits per heavy atom. The van der Waals surface area contributed by atoms with Crippen molar-refractivity contribution in [2.75, 3.05) is 17.7 Å². The summed E-state index contributed by atoms with van der Waals surface area (Å²) >= 11 is 3.18. The molecule has 1 aromatic heterocycles. The van der Waals surface area contributed by atoms with Crippen molar-refractivity contribution in [3.8, 4) is 0 Å². The molecule has 4 nitrogen and oxygen atoms in total. The molecule has 20 heavy (non-hydrogen) atoms. The van der Waals surface area contributed by atoms with Crippen LogP contribution < -0.4 is 10.6 Å². The van der Waals surface area contributed by atoms with Gasteiger partial charge >= 0.3 is 0 Å². The molecule has 1 aromatic carbocycles. The molecule has 0 radical (unpaired) electrons. The lowest BCUT2D eigenvalue weighted by Crippen LogP contribution is -2.03. The molecule has 1 heterocycles. The Balaban J connectivity index is 1.88. The average Bonchev–Trinajstić information content (AvgIpc) is 3.27. The van der Waals surface area contributed by atoms with Gasteiger partial charge < -0.3 is 10.6 Å². The molecule has 1 fully saturated rings. The average molecular weight is 337 g/mol. The van der Waals surface area contributed by atoms with Gasteiger partial charge in [0.25, 0.3) is 0 Å². The molecule has 0 aliphatic heterocycles. The minimum Gasteiger partial charge on any atom is -0.373 e. The van der Waals surface area contributed by atoms with Crippen molar-refractivity contribution in [2.45, 2.75) is 18.8 Å². The normalized spacial score (nSPS) is 14.2. The molecular formula is C14H14BrFN4. The van der Waals surface area contributed by atoms with E-state index in [4.69, 9.17) is 0 Å². The van der Waals surface area contributed by atoms with Gasteiger partial charge in [0.1, 0.15) is 23.3 Å². The van der Waals surface area contributed by atoms with Crippen LogP contribution in [0.15, 0.2) is 28.7 Å². The van der Waals surface area contributed by atoms with Gasteiger partial charge in [-0.25, -0.2) is 14.4 Å². The van der Waals surface area contributed by atoms with Crippen molar-refractivity contribution in [1.82, 2.24) is 9.97 Å². The topological polar surface area (TPSA) is 49.8 Å². The number of anilines is 3. The second kappa shape index (κ2) is 5.36. The van der Waals surface area contributed by atoms with Gasteiger partial charge in [-0.1, -0.05) is 0 Å². The van der Waals surface area contributed by atoms with Gasteiger partial charge in [0.05, 0.1) is 4.47 Å². The van der Waals surface area contributed by atoms with E-state index >= 15 is 0 Å². The Bertz CT molecular complexity index is 643. The van der Waals surface area contributed by atoms with Gasteiger partial charge in [0.2, 0.25) is 0 Å². The smallest absolute Gasteiger partial charge is 0.137 e. The lowest BCUT2D eigenvalue weighted by atomic mass is 10.3. The minimum atomic E-state index is -0.284. The van der Waals surface area contributed by atoms with Gasteiger partial charge in [-0.15, -0.1) is 0 Å². The molecule has 6 heteroatoms. The third-order valence-electron chi connectivity index (χ3n) is 3.13. The van der Waals surface area contributed by atoms with Crippen LogP contribution in [0.25, 0.3) is 0 Å². The minimum absolute atomic E-state index is 0.284. The first kappa shape index (κ1) is 13.3. The third kappa shape index (κ3) is 2.90. The lowest BCUT2D eigenvalue weighted by molar-refractivity contribution is 0.621. The van der Waals surface area contributed by atoms with Crippen LogP contribution in [0.4, 0.5) is 21.7 Å². The third-order valence-corrected chi connectivity index (χ3v) is 3.74. The van der Waals surface area contributed by atoms with E-state index in [9.17, 15) is 4.39 Å². The largest absolute Gasteiger partial charge is 0.373 e. The monoisotopic (exact) mass is 336 g/mol. The fourth-order valence-electron chi connectivity index (χ4n) is 1.90. The molecular weight excluding hydrogens is 323 g/mol. The lowest BCUT2D eigenvalue weighted by Gasteiger charge is -2.10.